The number of hydrogen-bond acceptors (Lipinski definition) is 3. The molecule has 0 N–H and O–H groups in total. The van der Waals surface area contributed by atoms with Crippen LogP contribution in [0, 0.1) is 5.92 Å². The molecular formula is C20H32O3Si. The first-order chi connectivity index (χ1) is 11.1. The summed E-state index contributed by atoms with van der Waals surface area (Å²) in [6, 6.07) is 8.52. The highest BCUT2D eigenvalue weighted by atomic mass is 28.4. The molecule has 0 amide bonds. The Morgan fingerprint density at radius 3 is 2.08 bits per heavy atom. The van der Waals surface area contributed by atoms with E-state index in [-0.39, 0.29) is 15.5 Å². The third kappa shape index (κ3) is 2.63. The number of benzene rings is 1. The van der Waals surface area contributed by atoms with Crippen LogP contribution in [0.5, 0.6) is 5.75 Å². The van der Waals surface area contributed by atoms with Gasteiger partial charge in [0.25, 0.3) is 0 Å². The molecule has 1 heterocycles. The summed E-state index contributed by atoms with van der Waals surface area (Å²) in [6.07, 6.45) is 1.16. The van der Waals surface area contributed by atoms with E-state index in [1.54, 1.807) is 7.11 Å². The van der Waals surface area contributed by atoms with Gasteiger partial charge in [-0.15, -0.1) is 0 Å². The Labute approximate surface area is 147 Å². The Kier molecular flexibility index (Phi) is 4.18. The van der Waals surface area contributed by atoms with Crippen LogP contribution >= 0.6 is 0 Å². The lowest BCUT2D eigenvalue weighted by Crippen LogP contribution is -2.57. The maximum absolute atomic E-state index is 6.77. The number of fused-ring (bicyclic) bond motifs is 1. The van der Waals surface area contributed by atoms with Crippen LogP contribution in [0.25, 0.3) is 0 Å². The van der Waals surface area contributed by atoms with Crippen molar-refractivity contribution in [3.63, 3.8) is 0 Å². The normalized spacial score (nSPS) is 29.5. The number of ether oxygens (including phenoxy) is 1. The molecule has 1 aromatic carbocycles. The first-order valence-electron chi connectivity index (χ1n) is 8.98. The molecule has 1 saturated heterocycles. The fourth-order valence-electron chi connectivity index (χ4n) is 4.62. The van der Waals surface area contributed by atoms with E-state index >= 15 is 0 Å². The van der Waals surface area contributed by atoms with Crippen molar-refractivity contribution in [2.75, 3.05) is 20.3 Å². The lowest BCUT2D eigenvalue weighted by Gasteiger charge is -2.48. The molecule has 24 heavy (non-hydrogen) atoms. The topological polar surface area (TPSA) is 27.7 Å². The fraction of sp³-hybridized carbons (Fsp3) is 0.700. The van der Waals surface area contributed by atoms with E-state index in [4.69, 9.17) is 13.6 Å². The molecular weight excluding hydrogens is 316 g/mol. The van der Waals surface area contributed by atoms with E-state index in [2.05, 4.69) is 65.8 Å². The van der Waals surface area contributed by atoms with Gasteiger partial charge in [0.15, 0.2) is 0 Å². The Morgan fingerprint density at radius 1 is 1.00 bits per heavy atom. The summed E-state index contributed by atoms with van der Waals surface area (Å²) in [5, 5.41) is 0.0895. The summed E-state index contributed by atoms with van der Waals surface area (Å²) in [5.41, 5.74) is 1.50. The van der Waals surface area contributed by atoms with Gasteiger partial charge in [0.05, 0.1) is 7.11 Å². The Morgan fingerprint density at radius 2 is 1.58 bits per heavy atom. The summed E-state index contributed by atoms with van der Waals surface area (Å²) in [4.78, 5) is 0. The van der Waals surface area contributed by atoms with Crippen molar-refractivity contribution in [1.82, 2.24) is 0 Å². The minimum Gasteiger partial charge on any atom is -0.497 e. The van der Waals surface area contributed by atoms with Crippen LogP contribution in [0.15, 0.2) is 24.3 Å². The molecule has 3 rings (SSSR count). The van der Waals surface area contributed by atoms with Gasteiger partial charge >= 0.3 is 8.56 Å². The van der Waals surface area contributed by atoms with Crippen molar-refractivity contribution in [3.8, 4) is 5.75 Å². The van der Waals surface area contributed by atoms with Crippen LogP contribution in [0.1, 0.15) is 53.5 Å². The Hall–Kier alpha value is -0.843. The monoisotopic (exact) mass is 348 g/mol. The Bertz CT molecular complexity index is 583. The molecule has 1 aliphatic carbocycles. The molecule has 0 radical (unpaired) electrons. The van der Waals surface area contributed by atoms with Gasteiger partial charge in [-0.1, -0.05) is 53.7 Å². The lowest BCUT2D eigenvalue weighted by molar-refractivity contribution is 0.137. The Balaban J connectivity index is 1.90. The minimum absolute atomic E-state index is 0.0448. The molecule has 0 aromatic heterocycles. The number of methoxy groups -OCH3 is 1. The van der Waals surface area contributed by atoms with Gasteiger partial charge in [-0.25, -0.2) is 0 Å². The van der Waals surface area contributed by atoms with E-state index < -0.39 is 8.56 Å². The summed E-state index contributed by atoms with van der Waals surface area (Å²) in [6.45, 7) is 15.3. The molecule has 1 unspecified atom stereocenters. The quantitative estimate of drug-likeness (QED) is 0.701. The van der Waals surface area contributed by atoms with Gasteiger partial charge in [-0.3, -0.25) is 0 Å². The van der Waals surface area contributed by atoms with E-state index in [9.17, 15) is 0 Å². The first kappa shape index (κ1) is 18.0. The summed E-state index contributed by atoms with van der Waals surface area (Å²) < 4.78 is 18.7. The lowest BCUT2D eigenvalue weighted by atomic mass is 9.94. The molecule has 0 bridgehead atoms. The maximum Gasteiger partial charge on any atom is 0.349 e. The van der Waals surface area contributed by atoms with Gasteiger partial charge in [-0.05, 0) is 30.0 Å². The van der Waals surface area contributed by atoms with Crippen LogP contribution < -0.4 is 4.74 Å². The zero-order valence-electron chi connectivity index (χ0n) is 16.2. The average molecular weight is 349 g/mol. The van der Waals surface area contributed by atoms with Crippen molar-refractivity contribution in [3.05, 3.63) is 29.8 Å². The molecule has 2 aliphatic rings. The van der Waals surface area contributed by atoms with Crippen molar-refractivity contribution >= 4 is 8.56 Å². The van der Waals surface area contributed by atoms with Crippen molar-refractivity contribution in [2.45, 2.75) is 63.5 Å². The highest BCUT2D eigenvalue weighted by molar-refractivity contribution is 6.73. The van der Waals surface area contributed by atoms with Gasteiger partial charge in [0.1, 0.15) is 5.75 Å². The van der Waals surface area contributed by atoms with Crippen LogP contribution in [0.4, 0.5) is 0 Å². The zero-order valence-corrected chi connectivity index (χ0v) is 17.2. The number of rotatable bonds is 2. The maximum atomic E-state index is 6.77. The van der Waals surface area contributed by atoms with Gasteiger partial charge in [0, 0.05) is 28.7 Å². The van der Waals surface area contributed by atoms with Crippen LogP contribution in [-0.2, 0) is 14.3 Å². The second-order valence-corrected chi connectivity index (χ2v) is 14.3. The molecule has 2 fully saturated rings. The van der Waals surface area contributed by atoms with Crippen LogP contribution in [-0.4, -0.2) is 28.9 Å². The zero-order chi connectivity index (χ0) is 17.8. The minimum atomic E-state index is -2.37. The van der Waals surface area contributed by atoms with Gasteiger partial charge in [0.2, 0.25) is 0 Å². The van der Waals surface area contributed by atoms with Gasteiger partial charge in [-0.2, -0.15) is 0 Å². The summed E-state index contributed by atoms with van der Waals surface area (Å²) >= 11 is 0. The number of hydrogen-bond donors (Lipinski definition) is 0. The van der Waals surface area contributed by atoms with Crippen molar-refractivity contribution in [2.24, 2.45) is 5.92 Å². The molecule has 4 heteroatoms. The SMILES string of the molecule is COc1ccc([C@]23CO[Si](C(C)(C)C)(C(C)(C)C)OCC2C3)cc1. The second-order valence-electron chi connectivity index (χ2n) is 9.50. The first-order valence-corrected chi connectivity index (χ1v) is 10.8. The molecule has 2 atom stereocenters. The average Bonchev–Trinajstić information content (AvgIpc) is 3.20. The van der Waals surface area contributed by atoms with Crippen LogP contribution in [0.2, 0.25) is 10.1 Å². The molecule has 1 saturated carbocycles. The third-order valence-electron chi connectivity index (χ3n) is 5.89. The predicted octanol–water partition coefficient (Wildman–Crippen LogP) is 5.04. The van der Waals surface area contributed by atoms with Gasteiger partial charge < -0.3 is 13.6 Å². The second kappa shape index (κ2) is 5.58. The highest BCUT2D eigenvalue weighted by Crippen LogP contribution is 2.61. The van der Waals surface area contributed by atoms with E-state index in [0.717, 1.165) is 25.4 Å². The van der Waals surface area contributed by atoms with E-state index in [1.165, 1.54) is 5.56 Å². The fourth-order valence-corrected chi connectivity index (χ4v) is 9.58. The van der Waals surface area contributed by atoms with E-state index in [0.29, 0.717) is 5.92 Å². The molecule has 1 aliphatic heterocycles. The standard InChI is InChI=1S/C20H32O3Si/c1-18(2,3)24(19(4,5)6)22-13-16-12-20(16,14-23-24)15-8-10-17(21-7)11-9-15/h8-11,16H,12-14H2,1-7H3/t16?,20-/m0/s1. The van der Waals surface area contributed by atoms with E-state index in [1.807, 2.05) is 0 Å². The molecule has 3 nitrogen and oxygen atoms in total. The van der Waals surface area contributed by atoms with Crippen molar-refractivity contribution < 1.29 is 13.6 Å². The molecule has 0 spiro atoms. The smallest absolute Gasteiger partial charge is 0.349 e. The third-order valence-corrected chi connectivity index (χ3v) is 11.0. The highest BCUT2D eigenvalue weighted by Gasteiger charge is 2.65. The summed E-state index contributed by atoms with van der Waals surface area (Å²) in [7, 11) is -0.659. The van der Waals surface area contributed by atoms with Crippen LogP contribution in [0.3, 0.4) is 0 Å². The predicted molar refractivity (Wildman–Crippen MR) is 99.9 cm³/mol. The van der Waals surface area contributed by atoms with Crippen molar-refractivity contribution in [1.29, 1.82) is 0 Å². The largest absolute Gasteiger partial charge is 0.497 e. The molecule has 134 valence electrons. The molecule has 1 aromatic rings. The summed E-state index contributed by atoms with van der Waals surface area (Å²) in [5.74, 6) is 1.48.